The minimum Gasteiger partial charge on any atom is -0.351 e. The topological polar surface area (TPSA) is 105 Å². The lowest BCUT2D eigenvalue weighted by Crippen LogP contribution is -2.44. The Morgan fingerprint density at radius 3 is 2.59 bits per heavy atom. The molecule has 1 aliphatic rings. The largest absolute Gasteiger partial charge is 0.351 e. The summed E-state index contributed by atoms with van der Waals surface area (Å²) in [5, 5.41) is 4.02. The third-order valence-electron chi connectivity index (χ3n) is 2.98. The molecule has 0 bridgehead atoms. The van der Waals surface area contributed by atoms with Crippen LogP contribution in [-0.2, 0) is 14.8 Å². The van der Waals surface area contributed by atoms with E-state index in [9.17, 15) is 13.2 Å². The van der Waals surface area contributed by atoms with E-state index >= 15 is 0 Å². The van der Waals surface area contributed by atoms with Gasteiger partial charge in [-0.1, -0.05) is 12.1 Å². The Labute approximate surface area is 130 Å². The molecule has 0 spiro atoms. The third-order valence-corrected chi connectivity index (χ3v) is 4.30. The van der Waals surface area contributed by atoms with Crippen LogP contribution in [0.4, 0.5) is 0 Å². The summed E-state index contributed by atoms with van der Waals surface area (Å²) in [5.74, 6) is 5.90. The maximum Gasteiger partial charge on any atom is 0.285 e. The molecule has 0 unspecified atom stereocenters. The SMILES string of the molecule is CC(C)(C)NC(=O)CCN(N)C1=NS(=O)(=O)c2ccccc21. The lowest BCUT2D eigenvalue weighted by Gasteiger charge is -2.22. The fourth-order valence-electron chi connectivity index (χ4n) is 2.10. The Morgan fingerprint density at radius 1 is 1.32 bits per heavy atom. The minimum atomic E-state index is -3.70. The summed E-state index contributed by atoms with van der Waals surface area (Å²) in [7, 11) is -3.70. The summed E-state index contributed by atoms with van der Waals surface area (Å²) in [5.41, 5.74) is 0.137. The number of carbonyl (C=O) groups excluding carboxylic acids is 1. The first-order chi connectivity index (χ1) is 10.1. The van der Waals surface area contributed by atoms with Gasteiger partial charge in [0, 0.05) is 24.1 Å². The van der Waals surface area contributed by atoms with Gasteiger partial charge in [0.1, 0.15) is 4.90 Å². The highest BCUT2D eigenvalue weighted by molar-refractivity contribution is 7.90. The van der Waals surface area contributed by atoms with Crippen molar-refractivity contribution in [2.24, 2.45) is 10.2 Å². The zero-order chi connectivity index (χ0) is 16.5. The Kier molecular flexibility index (Phi) is 4.25. The quantitative estimate of drug-likeness (QED) is 0.626. The highest BCUT2D eigenvalue weighted by atomic mass is 32.2. The van der Waals surface area contributed by atoms with Crippen LogP contribution in [-0.4, -0.2) is 37.3 Å². The molecule has 120 valence electrons. The summed E-state index contributed by atoms with van der Waals surface area (Å²) >= 11 is 0. The van der Waals surface area contributed by atoms with Crippen LogP contribution in [0.25, 0.3) is 0 Å². The molecule has 0 atom stereocenters. The van der Waals surface area contributed by atoms with E-state index in [0.717, 1.165) is 0 Å². The number of nitrogens with zero attached hydrogens (tertiary/aromatic N) is 2. The number of fused-ring (bicyclic) bond motifs is 1. The summed E-state index contributed by atoms with van der Waals surface area (Å²) in [6, 6.07) is 6.48. The van der Waals surface area contributed by atoms with Crippen LogP contribution in [0.1, 0.15) is 32.8 Å². The number of nitrogens with one attached hydrogen (secondary N) is 1. The molecule has 0 saturated carbocycles. The number of benzene rings is 1. The Bertz CT molecular complexity index is 720. The highest BCUT2D eigenvalue weighted by Gasteiger charge is 2.30. The van der Waals surface area contributed by atoms with Crippen molar-refractivity contribution >= 4 is 21.8 Å². The molecule has 1 amide bonds. The molecule has 2 rings (SSSR count). The molecule has 0 aromatic heterocycles. The number of hydrazine groups is 1. The third kappa shape index (κ3) is 3.63. The van der Waals surface area contributed by atoms with Gasteiger partial charge in [0.05, 0.1) is 0 Å². The van der Waals surface area contributed by atoms with Gasteiger partial charge in [-0.05, 0) is 32.9 Å². The fraction of sp³-hybridized carbons (Fsp3) is 0.429. The number of sulfonamides is 1. The van der Waals surface area contributed by atoms with E-state index in [-0.39, 0.29) is 35.1 Å². The lowest BCUT2D eigenvalue weighted by molar-refractivity contribution is -0.122. The Hall–Kier alpha value is -1.93. The maximum absolute atomic E-state index is 11.9. The molecule has 1 aromatic carbocycles. The van der Waals surface area contributed by atoms with Crippen molar-refractivity contribution in [3.05, 3.63) is 29.8 Å². The van der Waals surface area contributed by atoms with Gasteiger partial charge in [0.2, 0.25) is 5.91 Å². The zero-order valence-corrected chi connectivity index (χ0v) is 13.6. The molecule has 0 radical (unpaired) electrons. The molecule has 1 heterocycles. The van der Waals surface area contributed by atoms with E-state index in [4.69, 9.17) is 5.84 Å². The van der Waals surface area contributed by atoms with Crippen LogP contribution >= 0.6 is 0 Å². The van der Waals surface area contributed by atoms with E-state index in [0.29, 0.717) is 5.56 Å². The molecule has 8 heteroatoms. The van der Waals surface area contributed by atoms with Gasteiger partial charge in [-0.15, -0.1) is 4.40 Å². The van der Waals surface area contributed by atoms with E-state index in [1.807, 2.05) is 20.8 Å². The Morgan fingerprint density at radius 2 is 1.95 bits per heavy atom. The number of hydrogen-bond acceptors (Lipinski definition) is 5. The van der Waals surface area contributed by atoms with Gasteiger partial charge in [-0.25, -0.2) is 5.84 Å². The predicted octanol–water partition coefficient (Wildman–Crippen LogP) is 0.616. The molecular weight excluding hydrogens is 304 g/mol. The van der Waals surface area contributed by atoms with E-state index < -0.39 is 10.0 Å². The Balaban J connectivity index is 2.09. The van der Waals surface area contributed by atoms with Crippen molar-refractivity contribution in [2.45, 2.75) is 37.6 Å². The van der Waals surface area contributed by atoms with E-state index in [2.05, 4.69) is 9.71 Å². The lowest BCUT2D eigenvalue weighted by atomic mass is 10.1. The second-order valence-electron chi connectivity index (χ2n) is 6.13. The number of hydrogen-bond donors (Lipinski definition) is 2. The van der Waals surface area contributed by atoms with Crippen molar-refractivity contribution in [2.75, 3.05) is 6.54 Å². The van der Waals surface area contributed by atoms with Gasteiger partial charge in [-0.2, -0.15) is 8.42 Å². The molecule has 0 saturated heterocycles. The highest BCUT2D eigenvalue weighted by Crippen LogP contribution is 2.26. The van der Waals surface area contributed by atoms with Crippen LogP contribution in [0.15, 0.2) is 33.6 Å². The maximum atomic E-state index is 11.9. The van der Waals surface area contributed by atoms with Gasteiger partial charge in [0.15, 0.2) is 5.84 Å². The first-order valence-corrected chi connectivity index (χ1v) is 8.32. The molecule has 1 aliphatic heterocycles. The molecule has 7 nitrogen and oxygen atoms in total. The number of rotatable bonds is 3. The van der Waals surface area contributed by atoms with Crippen LogP contribution in [0.5, 0.6) is 0 Å². The minimum absolute atomic E-state index is 0.139. The monoisotopic (exact) mass is 324 g/mol. The molecular formula is C14H20N4O3S. The second kappa shape index (κ2) is 5.69. The van der Waals surface area contributed by atoms with Gasteiger partial charge in [0.25, 0.3) is 10.0 Å². The van der Waals surface area contributed by atoms with Crippen LogP contribution in [0.2, 0.25) is 0 Å². The van der Waals surface area contributed by atoms with E-state index in [1.54, 1.807) is 18.2 Å². The molecule has 0 fully saturated rings. The van der Waals surface area contributed by atoms with Crippen molar-refractivity contribution < 1.29 is 13.2 Å². The first-order valence-electron chi connectivity index (χ1n) is 6.88. The van der Waals surface area contributed by atoms with Gasteiger partial charge in [-0.3, -0.25) is 9.80 Å². The van der Waals surface area contributed by atoms with Gasteiger partial charge < -0.3 is 5.32 Å². The van der Waals surface area contributed by atoms with Gasteiger partial charge >= 0.3 is 0 Å². The van der Waals surface area contributed by atoms with Crippen molar-refractivity contribution in [3.63, 3.8) is 0 Å². The first kappa shape index (κ1) is 16.4. The second-order valence-corrected chi connectivity index (χ2v) is 7.70. The van der Waals surface area contributed by atoms with Crippen molar-refractivity contribution in [1.29, 1.82) is 0 Å². The van der Waals surface area contributed by atoms with Crippen LogP contribution < -0.4 is 11.2 Å². The number of amides is 1. The number of carbonyl (C=O) groups is 1. The molecule has 3 N–H and O–H groups in total. The van der Waals surface area contributed by atoms with E-state index in [1.165, 1.54) is 11.1 Å². The molecule has 22 heavy (non-hydrogen) atoms. The normalized spacial score (nSPS) is 15.9. The van der Waals surface area contributed by atoms with Crippen LogP contribution in [0.3, 0.4) is 0 Å². The predicted molar refractivity (Wildman–Crippen MR) is 83.6 cm³/mol. The number of nitrogens with two attached hydrogens (primary N) is 1. The number of amidine groups is 1. The summed E-state index contributed by atoms with van der Waals surface area (Å²) in [6.45, 7) is 5.82. The molecule has 1 aromatic rings. The van der Waals surface area contributed by atoms with Crippen molar-refractivity contribution in [3.8, 4) is 0 Å². The summed E-state index contributed by atoms with van der Waals surface area (Å²) in [6.07, 6.45) is 0.148. The molecule has 0 aliphatic carbocycles. The zero-order valence-electron chi connectivity index (χ0n) is 12.8. The fourth-order valence-corrected chi connectivity index (χ4v) is 3.32. The summed E-state index contributed by atoms with van der Waals surface area (Å²) < 4.78 is 27.6. The van der Waals surface area contributed by atoms with Crippen molar-refractivity contribution in [1.82, 2.24) is 10.3 Å². The average molecular weight is 324 g/mol. The average Bonchev–Trinajstić information content (AvgIpc) is 2.67. The van der Waals surface area contributed by atoms with Crippen LogP contribution in [0, 0.1) is 0 Å². The standard InChI is InChI=1S/C14H20N4O3S/c1-14(2,3)16-12(19)8-9-18(15)13-10-6-4-5-7-11(10)22(20,21)17-13/h4-7H,8-9,15H2,1-3H3,(H,16,19). The smallest absolute Gasteiger partial charge is 0.285 e. The summed E-state index contributed by atoms with van der Waals surface area (Å²) in [4.78, 5) is 11.9.